The monoisotopic (exact) mass is 508 g/mol. The third kappa shape index (κ3) is 6.42. The van der Waals surface area contributed by atoms with Gasteiger partial charge in [0.1, 0.15) is 18.2 Å². The van der Waals surface area contributed by atoms with Crippen LogP contribution in [-0.2, 0) is 16.1 Å². The number of hydrogen-bond donors (Lipinski definition) is 1. The fourth-order valence-corrected chi connectivity index (χ4v) is 4.09. The number of hydrazone groups is 1. The van der Waals surface area contributed by atoms with Crippen molar-refractivity contribution < 1.29 is 14.2 Å². The smallest absolute Gasteiger partial charge is 0.229 e. The van der Waals surface area contributed by atoms with Gasteiger partial charge in [0.05, 0.1) is 32.6 Å². The van der Waals surface area contributed by atoms with Gasteiger partial charge >= 0.3 is 0 Å². The Hall–Kier alpha value is -3.40. The Bertz CT molecular complexity index is 1130. The minimum Gasteiger partial charge on any atom is -0.488 e. The van der Waals surface area contributed by atoms with E-state index < -0.39 is 0 Å². The van der Waals surface area contributed by atoms with Crippen molar-refractivity contribution in [2.75, 3.05) is 67.8 Å². The number of rotatable bonds is 8. The van der Waals surface area contributed by atoms with Crippen molar-refractivity contribution >= 4 is 35.4 Å². The molecule has 0 saturated carbocycles. The summed E-state index contributed by atoms with van der Waals surface area (Å²) in [5.74, 6) is 2.90. The molecule has 36 heavy (non-hydrogen) atoms. The fourth-order valence-electron chi connectivity index (χ4n) is 3.97. The van der Waals surface area contributed by atoms with E-state index in [1.54, 1.807) is 6.21 Å². The molecule has 9 nitrogen and oxygen atoms in total. The lowest BCUT2D eigenvalue weighted by atomic mass is 10.2. The zero-order chi connectivity index (χ0) is 24.6. The van der Waals surface area contributed by atoms with Crippen LogP contribution in [0.15, 0.2) is 59.7 Å². The molecule has 0 amide bonds. The van der Waals surface area contributed by atoms with Crippen molar-refractivity contribution in [3.8, 4) is 5.75 Å². The van der Waals surface area contributed by atoms with E-state index in [2.05, 4.69) is 20.3 Å². The molecular formula is C26H29ClN6O3. The Morgan fingerprint density at radius 2 is 1.61 bits per heavy atom. The number of hydrogen-bond acceptors (Lipinski definition) is 9. The first-order valence-corrected chi connectivity index (χ1v) is 12.4. The summed E-state index contributed by atoms with van der Waals surface area (Å²) >= 11 is 5.98. The number of aromatic nitrogens is 2. The highest BCUT2D eigenvalue weighted by atomic mass is 35.5. The molecule has 3 aromatic rings. The fraction of sp³-hybridized carbons (Fsp3) is 0.346. The largest absolute Gasteiger partial charge is 0.488 e. The van der Waals surface area contributed by atoms with Gasteiger partial charge in [-0.15, -0.1) is 0 Å². The second-order valence-electron chi connectivity index (χ2n) is 8.43. The normalized spacial score (nSPS) is 16.4. The molecule has 0 aliphatic carbocycles. The third-order valence-corrected chi connectivity index (χ3v) is 6.19. The highest BCUT2D eigenvalue weighted by molar-refractivity contribution is 6.30. The Labute approximate surface area is 215 Å². The van der Waals surface area contributed by atoms with E-state index in [1.165, 1.54) is 0 Å². The van der Waals surface area contributed by atoms with Gasteiger partial charge in [-0.2, -0.15) is 15.1 Å². The molecule has 10 heteroatoms. The molecule has 0 unspecified atom stereocenters. The molecule has 5 rings (SSSR count). The lowest BCUT2D eigenvalue weighted by Gasteiger charge is -2.31. The van der Waals surface area contributed by atoms with E-state index in [0.29, 0.717) is 49.8 Å². The molecule has 0 bridgehead atoms. The standard InChI is InChI=1S/C26H29ClN6O3/c27-22-7-5-20(6-8-22)19-36-23-4-2-1-3-21(23)18-28-31-24-17-25(32-9-13-34-14-10-32)30-26(29-24)33-11-15-35-16-12-33/h1-8,17-18H,9-16,19H2,(H,29,30,31)/b28-18+. The number of benzene rings is 2. The van der Waals surface area contributed by atoms with Gasteiger partial charge in [-0.05, 0) is 29.8 Å². The molecule has 3 heterocycles. The number of morpholine rings is 2. The Kier molecular flexibility index (Phi) is 8.12. The third-order valence-electron chi connectivity index (χ3n) is 5.94. The molecule has 0 atom stereocenters. The van der Waals surface area contributed by atoms with Crippen LogP contribution in [0.3, 0.4) is 0 Å². The molecule has 1 N–H and O–H groups in total. The highest BCUT2D eigenvalue weighted by Crippen LogP contribution is 2.23. The van der Waals surface area contributed by atoms with Gasteiger partial charge in [-0.1, -0.05) is 35.9 Å². The quantitative estimate of drug-likeness (QED) is 0.363. The molecule has 0 radical (unpaired) electrons. The second kappa shape index (κ2) is 12.0. The number of nitrogens with one attached hydrogen (secondary N) is 1. The molecule has 2 fully saturated rings. The summed E-state index contributed by atoms with van der Waals surface area (Å²) in [7, 11) is 0. The zero-order valence-corrected chi connectivity index (χ0v) is 20.7. The van der Waals surface area contributed by atoms with Crippen LogP contribution in [0.25, 0.3) is 0 Å². The van der Waals surface area contributed by atoms with Gasteiger partial charge < -0.3 is 24.0 Å². The summed E-state index contributed by atoms with van der Waals surface area (Å²) in [6.07, 6.45) is 1.74. The number of para-hydroxylation sites is 1. The van der Waals surface area contributed by atoms with Crippen LogP contribution in [0.2, 0.25) is 5.02 Å². The van der Waals surface area contributed by atoms with Gasteiger partial charge in [0.2, 0.25) is 5.95 Å². The molecule has 2 aliphatic rings. The second-order valence-corrected chi connectivity index (χ2v) is 8.87. The molecule has 2 aromatic carbocycles. The number of nitrogens with zero attached hydrogens (tertiary/aromatic N) is 5. The van der Waals surface area contributed by atoms with Crippen molar-refractivity contribution in [3.63, 3.8) is 0 Å². The Morgan fingerprint density at radius 3 is 2.36 bits per heavy atom. The summed E-state index contributed by atoms with van der Waals surface area (Å²) < 4.78 is 17.0. The van der Waals surface area contributed by atoms with Crippen LogP contribution in [-0.4, -0.2) is 68.8 Å². The average Bonchev–Trinajstić information content (AvgIpc) is 2.94. The first kappa shape index (κ1) is 24.3. The Morgan fingerprint density at radius 1 is 0.917 bits per heavy atom. The summed E-state index contributed by atoms with van der Waals surface area (Å²) in [5, 5.41) is 5.17. The van der Waals surface area contributed by atoms with E-state index in [1.807, 2.05) is 54.6 Å². The molecular weight excluding hydrogens is 480 g/mol. The lowest BCUT2D eigenvalue weighted by molar-refractivity contribution is 0.121. The summed E-state index contributed by atoms with van der Waals surface area (Å²) in [6.45, 7) is 6.24. The number of halogens is 1. The van der Waals surface area contributed by atoms with Gasteiger partial charge in [-0.3, -0.25) is 5.43 Å². The van der Waals surface area contributed by atoms with E-state index in [4.69, 9.17) is 35.8 Å². The zero-order valence-electron chi connectivity index (χ0n) is 20.0. The van der Waals surface area contributed by atoms with E-state index in [9.17, 15) is 0 Å². The summed E-state index contributed by atoms with van der Waals surface area (Å²) in [5.41, 5.74) is 4.99. The van der Waals surface area contributed by atoms with E-state index in [-0.39, 0.29) is 0 Å². The predicted octanol–water partition coefficient (Wildman–Crippen LogP) is 3.83. The van der Waals surface area contributed by atoms with Gasteiger partial charge in [0.25, 0.3) is 0 Å². The number of ether oxygens (including phenoxy) is 3. The van der Waals surface area contributed by atoms with Crippen LogP contribution >= 0.6 is 11.6 Å². The van der Waals surface area contributed by atoms with Gasteiger partial charge in [0, 0.05) is 42.8 Å². The minimum absolute atomic E-state index is 0.438. The molecule has 1 aromatic heterocycles. The van der Waals surface area contributed by atoms with Crippen LogP contribution in [0.1, 0.15) is 11.1 Å². The van der Waals surface area contributed by atoms with Crippen molar-refractivity contribution in [1.29, 1.82) is 0 Å². The summed E-state index contributed by atoms with van der Waals surface area (Å²) in [6, 6.07) is 17.3. The maximum absolute atomic E-state index is 6.04. The van der Waals surface area contributed by atoms with Crippen LogP contribution in [0.4, 0.5) is 17.6 Å². The molecule has 2 saturated heterocycles. The van der Waals surface area contributed by atoms with Crippen LogP contribution in [0.5, 0.6) is 5.75 Å². The van der Waals surface area contributed by atoms with Crippen LogP contribution in [0, 0.1) is 0 Å². The van der Waals surface area contributed by atoms with Crippen LogP contribution < -0.4 is 20.0 Å². The summed E-state index contributed by atoms with van der Waals surface area (Å²) in [4.78, 5) is 13.9. The first-order valence-electron chi connectivity index (χ1n) is 12.0. The van der Waals surface area contributed by atoms with Crippen molar-refractivity contribution in [2.24, 2.45) is 5.10 Å². The average molecular weight is 509 g/mol. The lowest BCUT2D eigenvalue weighted by Crippen LogP contribution is -2.39. The maximum Gasteiger partial charge on any atom is 0.229 e. The topological polar surface area (TPSA) is 84.3 Å². The van der Waals surface area contributed by atoms with E-state index >= 15 is 0 Å². The first-order chi connectivity index (χ1) is 17.7. The highest BCUT2D eigenvalue weighted by Gasteiger charge is 2.19. The minimum atomic E-state index is 0.438. The van der Waals surface area contributed by atoms with Crippen molar-refractivity contribution in [2.45, 2.75) is 6.61 Å². The Balaban J connectivity index is 1.31. The number of anilines is 3. The van der Waals surface area contributed by atoms with E-state index in [0.717, 1.165) is 48.9 Å². The molecule has 0 spiro atoms. The van der Waals surface area contributed by atoms with Crippen molar-refractivity contribution in [1.82, 2.24) is 9.97 Å². The molecule has 188 valence electrons. The van der Waals surface area contributed by atoms with Gasteiger partial charge in [-0.25, -0.2) is 0 Å². The van der Waals surface area contributed by atoms with Gasteiger partial charge in [0.15, 0.2) is 5.82 Å². The predicted molar refractivity (Wildman–Crippen MR) is 142 cm³/mol. The molecule has 2 aliphatic heterocycles. The SMILES string of the molecule is Clc1ccc(COc2ccccc2/C=N/Nc2cc(N3CCOCC3)nc(N3CCOCC3)n2)cc1. The van der Waals surface area contributed by atoms with Crippen molar-refractivity contribution in [3.05, 3.63) is 70.7 Å². The maximum atomic E-state index is 6.04.